The molecule has 0 aromatic rings. The molecule has 0 fully saturated rings. The maximum Gasteiger partial charge on any atom is 0.264 e. The average Bonchev–Trinajstić information content (AvgIpc) is 2.25. The Morgan fingerprint density at radius 1 is 1.29 bits per heavy atom. The van der Waals surface area contributed by atoms with Crippen LogP contribution in [0.5, 0.6) is 0 Å². The topological polar surface area (TPSA) is 73.9 Å². The van der Waals surface area contributed by atoms with Crippen molar-refractivity contribution in [2.45, 2.75) is 25.0 Å². The Labute approximate surface area is 104 Å². The minimum atomic E-state index is -3.35. The SMILES string of the molecule is CNC(COC)[C@@H](CCCOS(C)(=O)=O)OC. The Bertz CT molecular complexity index is 280. The fourth-order valence-electron chi connectivity index (χ4n) is 1.53. The van der Waals surface area contributed by atoms with Gasteiger partial charge in [-0.2, -0.15) is 8.42 Å². The van der Waals surface area contributed by atoms with Gasteiger partial charge in [-0.1, -0.05) is 0 Å². The molecule has 0 aliphatic heterocycles. The molecule has 1 N–H and O–H groups in total. The van der Waals surface area contributed by atoms with E-state index < -0.39 is 10.1 Å². The molecule has 0 aromatic carbocycles. The Hall–Kier alpha value is -0.210. The van der Waals surface area contributed by atoms with Crippen molar-refractivity contribution in [3.05, 3.63) is 0 Å². The van der Waals surface area contributed by atoms with Gasteiger partial charge < -0.3 is 14.8 Å². The first-order valence-corrected chi connectivity index (χ1v) is 7.29. The van der Waals surface area contributed by atoms with Crippen LogP contribution < -0.4 is 5.32 Å². The third-order valence-electron chi connectivity index (χ3n) is 2.40. The Morgan fingerprint density at radius 3 is 2.35 bits per heavy atom. The molecule has 2 atom stereocenters. The van der Waals surface area contributed by atoms with E-state index in [4.69, 9.17) is 9.47 Å². The summed E-state index contributed by atoms with van der Waals surface area (Å²) in [6.07, 6.45) is 2.35. The lowest BCUT2D eigenvalue weighted by molar-refractivity contribution is 0.0288. The van der Waals surface area contributed by atoms with Crippen LogP contribution in [0.1, 0.15) is 12.8 Å². The Kier molecular flexibility index (Phi) is 8.71. The third kappa shape index (κ3) is 8.50. The summed E-state index contributed by atoms with van der Waals surface area (Å²) >= 11 is 0. The summed E-state index contributed by atoms with van der Waals surface area (Å²) in [6, 6.07) is 0.0863. The van der Waals surface area contributed by atoms with Gasteiger partial charge in [-0.3, -0.25) is 4.18 Å². The Balaban J connectivity index is 3.96. The molecule has 0 aromatic heterocycles. The molecule has 0 aliphatic carbocycles. The van der Waals surface area contributed by atoms with Gasteiger partial charge in [0.05, 0.1) is 31.6 Å². The van der Waals surface area contributed by atoms with E-state index in [0.29, 0.717) is 19.4 Å². The van der Waals surface area contributed by atoms with Crippen molar-refractivity contribution in [3.63, 3.8) is 0 Å². The molecule has 104 valence electrons. The van der Waals surface area contributed by atoms with Crippen LogP contribution in [-0.4, -0.2) is 61.3 Å². The highest BCUT2D eigenvalue weighted by molar-refractivity contribution is 7.85. The second-order valence-corrected chi connectivity index (χ2v) is 5.44. The molecule has 6 nitrogen and oxygen atoms in total. The van der Waals surface area contributed by atoms with Gasteiger partial charge in [-0.05, 0) is 19.9 Å². The van der Waals surface area contributed by atoms with E-state index in [0.717, 1.165) is 6.26 Å². The van der Waals surface area contributed by atoms with Crippen LogP contribution in [0.4, 0.5) is 0 Å². The second kappa shape index (κ2) is 8.82. The first kappa shape index (κ1) is 16.8. The van der Waals surface area contributed by atoms with Crippen LogP contribution >= 0.6 is 0 Å². The van der Waals surface area contributed by atoms with E-state index in [1.807, 2.05) is 7.05 Å². The Morgan fingerprint density at radius 2 is 1.94 bits per heavy atom. The summed E-state index contributed by atoms with van der Waals surface area (Å²) in [7, 11) is 1.75. The number of nitrogens with one attached hydrogen (secondary N) is 1. The van der Waals surface area contributed by atoms with Gasteiger partial charge in [-0.25, -0.2) is 0 Å². The minimum absolute atomic E-state index is 0.0249. The van der Waals surface area contributed by atoms with Crippen LogP contribution in [0.25, 0.3) is 0 Å². The molecule has 0 amide bonds. The molecule has 0 saturated carbocycles. The molecule has 0 aliphatic rings. The average molecular weight is 269 g/mol. The van der Waals surface area contributed by atoms with Crippen molar-refractivity contribution < 1.29 is 22.1 Å². The molecule has 0 heterocycles. The highest BCUT2D eigenvalue weighted by Crippen LogP contribution is 2.08. The van der Waals surface area contributed by atoms with Crippen LogP contribution in [0.3, 0.4) is 0 Å². The molecule has 0 spiro atoms. The highest BCUT2D eigenvalue weighted by Gasteiger charge is 2.19. The van der Waals surface area contributed by atoms with Crippen molar-refractivity contribution in [2.24, 2.45) is 0 Å². The largest absolute Gasteiger partial charge is 0.383 e. The zero-order chi connectivity index (χ0) is 13.3. The summed E-state index contributed by atoms with van der Waals surface area (Å²) in [5.41, 5.74) is 0. The maximum atomic E-state index is 10.8. The number of hydrogen-bond acceptors (Lipinski definition) is 6. The predicted molar refractivity (Wildman–Crippen MR) is 65.6 cm³/mol. The lowest BCUT2D eigenvalue weighted by atomic mass is 10.1. The molecule has 0 rings (SSSR count). The zero-order valence-electron chi connectivity index (χ0n) is 10.9. The van der Waals surface area contributed by atoms with Crippen molar-refractivity contribution in [1.29, 1.82) is 0 Å². The van der Waals surface area contributed by atoms with Crippen molar-refractivity contribution in [3.8, 4) is 0 Å². The van der Waals surface area contributed by atoms with Gasteiger partial charge in [0.15, 0.2) is 0 Å². The number of likely N-dealkylation sites (N-methyl/N-ethyl adjacent to an activating group) is 1. The molecule has 7 heteroatoms. The van der Waals surface area contributed by atoms with Crippen LogP contribution in [0, 0.1) is 0 Å². The van der Waals surface area contributed by atoms with Crippen molar-refractivity contribution in [1.82, 2.24) is 5.32 Å². The van der Waals surface area contributed by atoms with Crippen LogP contribution in [0.15, 0.2) is 0 Å². The number of hydrogen-bond donors (Lipinski definition) is 1. The lowest BCUT2D eigenvalue weighted by Gasteiger charge is -2.24. The fraction of sp³-hybridized carbons (Fsp3) is 1.00. The first-order valence-electron chi connectivity index (χ1n) is 5.48. The number of methoxy groups -OCH3 is 2. The third-order valence-corrected chi connectivity index (χ3v) is 2.99. The van der Waals surface area contributed by atoms with E-state index in [2.05, 4.69) is 9.50 Å². The minimum Gasteiger partial charge on any atom is -0.383 e. The van der Waals surface area contributed by atoms with Gasteiger partial charge in [0.2, 0.25) is 0 Å². The van der Waals surface area contributed by atoms with Gasteiger partial charge in [-0.15, -0.1) is 0 Å². The summed E-state index contributed by atoms with van der Waals surface area (Å²) in [4.78, 5) is 0. The maximum absolute atomic E-state index is 10.8. The molecular weight excluding hydrogens is 246 g/mol. The van der Waals surface area contributed by atoms with Gasteiger partial charge in [0, 0.05) is 14.2 Å². The van der Waals surface area contributed by atoms with Crippen molar-refractivity contribution >= 4 is 10.1 Å². The van der Waals surface area contributed by atoms with Gasteiger partial charge in [0.1, 0.15) is 0 Å². The highest BCUT2D eigenvalue weighted by atomic mass is 32.2. The second-order valence-electron chi connectivity index (χ2n) is 3.79. The standard InChI is InChI=1S/C10H23NO5S/c1-11-9(8-14-2)10(15-3)6-5-7-16-17(4,12)13/h9-11H,5-8H2,1-4H3/t9?,10-/m1/s1. The van der Waals surface area contributed by atoms with E-state index in [-0.39, 0.29) is 18.8 Å². The molecule has 1 unspecified atom stereocenters. The van der Waals surface area contributed by atoms with Gasteiger partial charge in [0.25, 0.3) is 10.1 Å². The fourth-order valence-corrected chi connectivity index (χ4v) is 1.95. The summed E-state index contributed by atoms with van der Waals surface area (Å²) in [5.74, 6) is 0. The van der Waals surface area contributed by atoms with Crippen molar-refractivity contribution in [2.75, 3.05) is 40.7 Å². The normalized spacial score (nSPS) is 15.8. The number of rotatable bonds is 10. The van der Waals surface area contributed by atoms with Gasteiger partial charge >= 0.3 is 0 Å². The quantitative estimate of drug-likeness (QED) is 0.444. The first-order chi connectivity index (χ1) is 7.94. The zero-order valence-corrected chi connectivity index (χ0v) is 11.7. The summed E-state index contributed by atoms with van der Waals surface area (Å²) in [5, 5.41) is 3.10. The van der Waals surface area contributed by atoms with E-state index in [9.17, 15) is 8.42 Å². The summed E-state index contributed by atoms with van der Waals surface area (Å²) < 4.78 is 36.6. The molecular formula is C10H23NO5S. The summed E-state index contributed by atoms with van der Waals surface area (Å²) in [6.45, 7) is 0.726. The molecule has 0 bridgehead atoms. The van der Waals surface area contributed by atoms with E-state index in [1.165, 1.54) is 0 Å². The predicted octanol–water partition coefficient (Wildman–Crippen LogP) is -0.00780. The smallest absolute Gasteiger partial charge is 0.264 e. The van der Waals surface area contributed by atoms with Crippen LogP contribution in [-0.2, 0) is 23.8 Å². The lowest BCUT2D eigenvalue weighted by Crippen LogP contribution is -2.42. The molecule has 0 saturated heterocycles. The molecule has 0 radical (unpaired) electrons. The van der Waals surface area contributed by atoms with Crippen LogP contribution in [0.2, 0.25) is 0 Å². The monoisotopic (exact) mass is 269 g/mol. The number of ether oxygens (including phenoxy) is 2. The molecule has 17 heavy (non-hydrogen) atoms. The van der Waals surface area contributed by atoms with E-state index in [1.54, 1.807) is 14.2 Å². The van der Waals surface area contributed by atoms with E-state index >= 15 is 0 Å².